The van der Waals surface area contributed by atoms with Crippen molar-refractivity contribution in [2.24, 2.45) is 0 Å². The molecule has 30 heavy (non-hydrogen) atoms. The van der Waals surface area contributed by atoms with Gasteiger partial charge in [-0.15, -0.1) is 11.3 Å². The van der Waals surface area contributed by atoms with Gasteiger partial charge >= 0.3 is 0 Å². The van der Waals surface area contributed by atoms with E-state index in [1.54, 1.807) is 16.0 Å². The zero-order valence-electron chi connectivity index (χ0n) is 17.9. The van der Waals surface area contributed by atoms with Gasteiger partial charge in [-0.2, -0.15) is 5.10 Å². The van der Waals surface area contributed by atoms with E-state index >= 15 is 0 Å². The number of nitrogens with zero attached hydrogens (tertiary/aromatic N) is 3. The maximum absolute atomic E-state index is 11.4. The van der Waals surface area contributed by atoms with Crippen molar-refractivity contribution in [1.82, 2.24) is 14.7 Å². The Morgan fingerprint density at radius 3 is 2.93 bits per heavy atom. The number of thiophene rings is 1. The molecule has 7 nitrogen and oxygen atoms in total. The van der Waals surface area contributed by atoms with E-state index in [0.29, 0.717) is 19.2 Å². The molecule has 3 unspecified atom stereocenters. The lowest BCUT2D eigenvalue weighted by Crippen LogP contribution is -2.50. The number of likely N-dealkylation sites (tertiary alicyclic amines) is 1. The Hall–Kier alpha value is -1.26. The fourth-order valence-electron chi connectivity index (χ4n) is 4.56. The third-order valence-electron chi connectivity index (χ3n) is 6.27. The molecule has 0 saturated carbocycles. The molecule has 1 N–H and O–H groups in total. The minimum absolute atomic E-state index is 0.100. The summed E-state index contributed by atoms with van der Waals surface area (Å²) in [4.78, 5) is 4.96. The molecule has 2 aromatic heterocycles. The normalized spacial score (nSPS) is 27.5. The van der Waals surface area contributed by atoms with Gasteiger partial charge in [0.25, 0.3) is 0 Å². The highest BCUT2D eigenvalue weighted by Crippen LogP contribution is 2.49. The molecular formula is C21H31N3O4S2. The van der Waals surface area contributed by atoms with E-state index in [1.165, 1.54) is 16.0 Å². The molecular weight excluding hydrogens is 422 g/mol. The number of hydrogen-bond acceptors (Lipinski definition) is 7. The average molecular weight is 454 g/mol. The smallest absolute Gasteiger partial charge is 0.149 e. The van der Waals surface area contributed by atoms with Crippen LogP contribution in [0.15, 0.2) is 18.5 Å². The first-order chi connectivity index (χ1) is 14.2. The van der Waals surface area contributed by atoms with Crippen molar-refractivity contribution in [1.29, 1.82) is 0 Å². The van der Waals surface area contributed by atoms with Gasteiger partial charge in [0.1, 0.15) is 21.5 Å². The molecule has 0 bridgehead atoms. The zero-order valence-corrected chi connectivity index (χ0v) is 19.5. The Balaban J connectivity index is 1.44. The fraction of sp³-hybridized carbons (Fsp3) is 0.667. The first-order valence-electron chi connectivity index (χ1n) is 10.6. The van der Waals surface area contributed by atoms with Gasteiger partial charge in [-0.25, -0.2) is 8.42 Å². The highest BCUT2D eigenvalue weighted by Gasteiger charge is 2.46. The summed E-state index contributed by atoms with van der Waals surface area (Å²) in [5.41, 5.74) is 1.87. The minimum atomic E-state index is -3.00. The predicted octanol–water partition coefficient (Wildman–Crippen LogP) is 2.50. The second-order valence-electron chi connectivity index (χ2n) is 8.69. The first-order valence-corrected chi connectivity index (χ1v) is 13.4. The van der Waals surface area contributed by atoms with Gasteiger partial charge in [0.15, 0.2) is 0 Å². The van der Waals surface area contributed by atoms with Crippen molar-refractivity contribution in [2.45, 2.75) is 63.9 Å². The molecule has 2 aliphatic rings. The first kappa shape index (κ1) is 22.0. The SMILES string of the molecule is CCc1cc2c(s1)C1(CCN(Cc3cnn(CCS(C)(=O)=O)c3)C(C)C1)OCC2O. The van der Waals surface area contributed by atoms with Crippen molar-refractivity contribution in [3.8, 4) is 0 Å². The molecule has 0 aromatic carbocycles. The molecule has 9 heteroatoms. The van der Waals surface area contributed by atoms with Crippen LogP contribution >= 0.6 is 11.3 Å². The van der Waals surface area contributed by atoms with Gasteiger partial charge in [0, 0.05) is 46.9 Å². The van der Waals surface area contributed by atoms with Crippen molar-refractivity contribution < 1.29 is 18.3 Å². The van der Waals surface area contributed by atoms with Crippen molar-refractivity contribution >= 4 is 21.2 Å². The van der Waals surface area contributed by atoms with Crippen LogP contribution in [0.3, 0.4) is 0 Å². The Morgan fingerprint density at radius 2 is 2.23 bits per heavy atom. The van der Waals surface area contributed by atoms with Gasteiger partial charge in [-0.05, 0) is 37.8 Å². The van der Waals surface area contributed by atoms with E-state index in [4.69, 9.17) is 4.74 Å². The highest BCUT2D eigenvalue weighted by atomic mass is 32.2. The number of aliphatic hydroxyl groups is 1. The summed E-state index contributed by atoms with van der Waals surface area (Å²) in [6.45, 7) is 6.83. The van der Waals surface area contributed by atoms with Gasteiger partial charge in [-0.3, -0.25) is 9.58 Å². The van der Waals surface area contributed by atoms with E-state index in [-0.39, 0.29) is 11.4 Å². The third-order valence-corrected chi connectivity index (χ3v) is 8.67. The number of aliphatic hydroxyl groups excluding tert-OH is 1. The maximum atomic E-state index is 11.4. The number of ether oxygens (including phenoxy) is 1. The predicted molar refractivity (Wildman–Crippen MR) is 117 cm³/mol. The van der Waals surface area contributed by atoms with Crippen LogP contribution in [0.5, 0.6) is 0 Å². The van der Waals surface area contributed by atoms with Crippen LogP contribution in [-0.4, -0.2) is 59.4 Å². The molecule has 1 spiro atoms. The fourth-order valence-corrected chi connectivity index (χ4v) is 6.41. The lowest BCUT2D eigenvalue weighted by Gasteiger charge is -2.47. The van der Waals surface area contributed by atoms with Crippen LogP contribution in [0.25, 0.3) is 0 Å². The van der Waals surface area contributed by atoms with Gasteiger partial charge in [0.2, 0.25) is 0 Å². The monoisotopic (exact) mass is 453 g/mol. The number of piperidine rings is 1. The average Bonchev–Trinajstić information content (AvgIpc) is 3.33. The highest BCUT2D eigenvalue weighted by molar-refractivity contribution is 7.90. The van der Waals surface area contributed by atoms with Crippen LogP contribution in [0.4, 0.5) is 0 Å². The van der Waals surface area contributed by atoms with Crippen LogP contribution in [0, 0.1) is 0 Å². The molecule has 2 aromatic rings. The quantitative estimate of drug-likeness (QED) is 0.723. The Labute approximate surface area is 182 Å². The lowest BCUT2D eigenvalue weighted by atomic mass is 9.81. The lowest BCUT2D eigenvalue weighted by molar-refractivity contribution is -0.139. The second-order valence-corrected chi connectivity index (χ2v) is 12.1. The van der Waals surface area contributed by atoms with E-state index in [9.17, 15) is 13.5 Å². The molecule has 4 rings (SSSR count). The number of sulfone groups is 1. The number of aryl methyl sites for hydroxylation is 2. The molecule has 2 aliphatic heterocycles. The number of aromatic nitrogens is 2. The molecule has 3 atom stereocenters. The van der Waals surface area contributed by atoms with Crippen molar-refractivity contribution in [3.63, 3.8) is 0 Å². The summed E-state index contributed by atoms with van der Waals surface area (Å²) in [6, 6.07) is 2.49. The topological polar surface area (TPSA) is 84.7 Å². The summed E-state index contributed by atoms with van der Waals surface area (Å²) in [5.74, 6) is 0.100. The summed E-state index contributed by atoms with van der Waals surface area (Å²) in [7, 11) is -3.00. The Morgan fingerprint density at radius 1 is 1.43 bits per heavy atom. The summed E-state index contributed by atoms with van der Waals surface area (Å²) >= 11 is 1.80. The Bertz CT molecular complexity index is 1000. The largest absolute Gasteiger partial charge is 0.386 e. The molecule has 4 heterocycles. The van der Waals surface area contributed by atoms with E-state index in [1.807, 2.05) is 12.4 Å². The van der Waals surface area contributed by atoms with E-state index in [0.717, 1.165) is 43.5 Å². The van der Waals surface area contributed by atoms with Gasteiger partial charge in [0.05, 0.1) is 25.1 Å². The Kier molecular flexibility index (Phi) is 6.11. The van der Waals surface area contributed by atoms with Crippen LogP contribution < -0.4 is 0 Å². The van der Waals surface area contributed by atoms with Crippen molar-refractivity contribution in [3.05, 3.63) is 39.3 Å². The number of rotatable bonds is 6. The summed E-state index contributed by atoms with van der Waals surface area (Å²) < 4.78 is 30.8. The van der Waals surface area contributed by atoms with Gasteiger partial charge in [-0.1, -0.05) is 6.92 Å². The van der Waals surface area contributed by atoms with E-state index in [2.05, 4.69) is 29.9 Å². The van der Waals surface area contributed by atoms with Crippen LogP contribution in [0.1, 0.15) is 53.7 Å². The third kappa shape index (κ3) is 4.50. The molecule has 1 fully saturated rings. The summed E-state index contributed by atoms with van der Waals surface area (Å²) in [5, 5.41) is 14.7. The van der Waals surface area contributed by atoms with Crippen LogP contribution in [0.2, 0.25) is 0 Å². The molecule has 0 aliphatic carbocycles. The maximum Gasteiger partial charge on any atom is 0.149 e. The molecule has 0 amide bonds. The standard InChI is InChI=1S/C21H31N3O4S2/c1-4-17-9-18-19(25)14-28-21(20(18)29-17)5-6-23(15(2)10-21)12-16-11-22-24(13-16)7-8-30(3,26)27/h9,11,13,15,19,25H,4-8,10,12,14H2,1-3H3. The number of hydrogen-bond donors (Lipinski definition) is 1. The number of fused-ring (bicyclic) bond motifs is 2. The second kappa shape index (κ2) is 8.35. The molecule has 166 valence electrons. The van der Waals surface area contributed by atoms with Crippen molar-refractivity contribution in [2.75, 3.05) is 25.2 Å². The molecule has 1 saturated heterocycles. The van der Waals surface area contributed by atoms with Gasteiger partial charge < -0.3 is 9.84 Å². The molecule has 0 radical (unpaired) electrons. The van der Waals surface area contributed by atoms with E-state index < -0.39 is 15.9 Å². The van der Waals surface area contributed by atoms with Crippen LogP contribution in [-0.2, 0) is 39.7 Å². The zero-order chi connectivity index (χ0) is 21.5. The summed E-state index contributed by atoms with van der Waals surface area (Å²) in [6.07, 6.45) is 7.29. The minimum Gasteiger partial charge on any atom is -0.386 e.